The van der Waals surface area contributed by atoms with Crippen molar-refractivity contribution in [1.29, 1.82) is 0 Å². The molecule has 1 N–H and O–H groups in total. The second kappa shape index (κ2) is 6.44. The molecule has 2 rings (SSSR count). The minimum absolute atomic E-state index is 0.0688. The van der Waals surface area contributed by atoms with Crippen LogP contribution in [0.3, 0.4) is 0 Å². The SMILES string of the molecule is CC(NCCC1=CCCC1)c1ccc(C(F)(F)F)cc1. The topological polar surface area (TPSA) is 12.0 Å². The van der Waals surface area contributed by atoms with Crippen molar-refractivity contribution in [3.63, 3.8) is 0 Å². The van der Waals surface area contributed by atoms with Gasteiger partial charge in [-0.1, -0.05) is 23.8 Å². The van der Waals surface area contributed by atoms with E-state index in [4.69, 9.17) is 0 Å². The molecule has 0 fully saturated rings. The number of nitrogens with one attached hydrogen (secondary N) is 1. The van der Waals surface area contributed by atoms with Gasteiger partial charge in [0.15, 0.2) is 0 Å². The van der Waals surface area contributed by atoms with E-state index in [1.165, 1.54) is 24.8 Å². The molecular weight excluding hydrogens is 263 g/mol. The molecule has 1 unspecified atom stereocenters. The van der Waals surface area contributed by atoms with E-state index in [2.05, 4.69) is 11.4 Å². The van der Waals surface area contributed by atoms with Gasteiger partial charge in [-0.15, -0.1) is 0 Å². The summed E-state index contributed by atoms with van der Waals surface area (Å²) in [6.07, 6.45) is 2.70. The largest absolute Gasteiger partial charge is 0.416 e. The zero-order valence-electron chi connectivity index (χ0n) is 11.6. The van der Waals surface area contributed by atoms with Crippen molar-refractivity contribution in [3.05, 3.63) is 47.0 Å². The van der Waals surface area contributed by atoms with E-state index < -0.39 is 11.7 Å². The molecule has 0 heterocycles. The van der Waals surface area contributed by atoms with Crippen molar-refractivity contribution in [2.45, 2.75) is 44.8 Å². The Morgan fingerprint density at radius 3 is 2.45 bits per heavy atom. The highest BCUT2D eigenvalue weighted by molar-refractivity contribution is 5.26. The Hall–Kier alpha value is -1.29. The van der Waals surface area contributed by atoms with Crippen LogP contribution in [0.2, 0.25) is 0 Å². The molecule has 20 heavy (non-hydrogen) atoms. The van der Waals surface area contributed by atoms with Gasteiger partial charge in [-0.2, -0.15) is 13.2 Å². The van der Waals surface area contributed by atoms with Crippen LogP contribution in [-0.4, -0.2) is 6.54 Å². The third-order valence-corrected chi connectivity index (χ3v) is 3.77. The first-order valence-corrected chi connectivity index (χ1v) is 7.05. The fraction of sp³-hybridized carbons (Fsp3) is 0.500. The van der Waals surface area contributed by atoms with Crippen LogP contribution in [0.5, 0.6) is 0 Å². The normalized spacial score (nSPS) is 17.1. The summed E-state index contributed by atoms with van der Waals surface area (Å²) in [6, 6.07) is 5.46. The summed E-state index contributed by atoms with van der Waals surface area (Å²) in [4.78, 5) is 0. The van der Waals surface area contributed by atoms with Crippen LogP contribution < -0.4 is 5.32 Å². The van der Waals surface area contributed by atoms with E-state index in [9.17, 15) is 13.2 Å². The van der Waals surface area contributed by atoms with Crippen LogP contribution in [0.1, 0.15) is 49.8 Å². The maximum Gasteiger partial charge on any atom is 0.416 e. The number of allylic oxidation sites excluding steroid dienone is 1. The van der Waals surface area contributed by atoms with Crippen LogP contribution >= 0.6 is 0 Å². The fourth-order valence-electron chi connectivity index (χ4n) is 2.49. The highest BCUT2D eigenvalue weighted by atomic mass is 19.4. The molecule has 0 amide bonds. The van der Waals surface area contributed by atoms with Crippen molar-refractivity contribution >= 4 is 0 Å². The van der Waals surface area contributed by atoms with Crippen molar-refractivity contribution in [3.8, 4) is 0 Å². The molecule has 0 spiro atoms. The molecule has 1 atom stereocenters. The van der Waals surface area contributed by atoms with E-state index in [-0.39, 0.29) is 6.04 Å². The van der Waals surface area contributed by atoms with Crippen molar-refractivity contribution in [2.24, 2.45) is 0 Å². The molecule has 0 bridgehead atoms. The molecule has 0 saturated heterocycles. The zero-order chi connectivity index (χ0) is 14.6. The second-order valence-electron chi connectivity index (χ2n) is 5.30. The zero-order valence-corrected chi connectivity index (χ0v) is 11.6. The molecule has 1 aliphatic rings. The van der Waals surface area contributed by atoms with Crippen molar-refractivity contribution in [2.75, 3.05) is 6.54 Å². The summed E-state index contributed by atoms with van der Waals surface area (Å²) in [5.74, 6) is 0. The smallest absolute Gasteiger partial charge is 0.310 e. The Kier molecular flexibility index (Phi) is 4.86. The average molecular weight is 283 g/mol. The lowest BCUT2D eigenvalue weighted by Gasteiger charge is -2.15. The van der Waals surface area contributed by atoms with Crippen LogP contribution in [0.25, 0.3) is 0 Å². The van der Waals surface area contributed by atoms with Crippen molar-refractivity contribution < 1.29 is 13.2 Å². The van der Waals surface area contributed by atoms with Crippen molar-refractivity contribution in [1.82, 2.24) is 5.32 Å². The Morgan fingerprint density at radius 1 is 1.20 bits per heavy atom. The Morgan fingerprint density at radius 2 is 1.90 bits per heavy atom. The van der Waals surface area contributed by atoms with E-state index >= 15 is 0 Å². The number of hydrogen-bond donors (Lipinski definition) is 1. The molecule has 0 saturated carbocycles. The van der Waals surface area contributed by atoms with E-state index in [1.54, 1.807) is 12.1 Å². The quantitative estimate of drug-likeness (QED) is 0.761. The first kappa shape index (κ1) is 15.1. The molecule has 1 aromatic carbocycles. The lowest BCUT2D eigenvalue weighted by molar-refractivity contribution is -0.137. The van der Waals surface area contributed by atoms with Crippen LogP contribution in [0.15, 0.2) is 35.9 Å². The fourth-order valence-corrected chi connectivity index (χ4v) is 2.49. The Balaban J connectivity index is 1.84. The minimum Gasteiger partial charge on any atom is -0.310 e. The average Bonchev–Trinajstić information content (AvgIpc) is 2.91. The summed E-state index contributed by atoms with van der Waals surface area (Å²) in [5.41, 5.74) is 1.79. The lowest BCUT2D eigenvalue weighted by atomic mass is 10.1. The maximum atomic E-state index is 12.5. The highest BCUT2D eigenvalue weighted by Crippen LogP contribution is 2.30. The number of hydrogen-bond acceptors (Lipinski definition) is 1. The van der Waals surface area contributed by atoms with Crippen LogP contribution in [-0.2, 0) is 6.18 Å². The third-order valence-electron chi connectivity index (χ3n) is 3.77. The molecule has 4 heteroatoms. The highest BCUT2D eigenvalue weighted by Gasteiger charge is 2.30. The third kappa shape index (κ3) is 4.10. The Labute approximate surface area is 117 Å². The summed E-state index contributed by atoms with van der Waals surface area (Å²) < 4.78 is 37.4. The summed E-state index contributed by atoms with van der Waals surface area (Å²) in [7, 11) is 0. The van der Waals surface area contributed by atoms with E-state index in [1.807, 2.05) is 6.92 Å². The van der Waals surface area contributed by atoms with E-state index in [0.717, 1.165) is 30.7 Å². The van der Waals surface area contributed by atoms with Crippen LogP contribution in [0.4, 0.5) is 13.2 Å². The summed E-state index contributed by atoms with van der Waals surface area (Å²) >= 11 is 0. The number of halogens is 3. The van der Waals surface area contributed by atoms with Gasteiger partial charge in [0.25, 0.3) is 0 Å². The van der Waals surface area contributed by atoms with Gasteiger partial charge in [0.2, 0.25) is 0 Å². The van der Waals surface area contributed by atoms with Gasteiger partial charge >= 0.3 is 6.18 Å². The minimum atomic E-state index is -4.26. The Bertz CT molecular complexity index is 460. The van der Waals surface area contributed by atoms with Gasteiger partial charge in [-0.25, -0.2) is 0 Å². The molecule has 1 aromatic rings. The van der Waals surface area contributed by atoms with Gasteiger partial charge in [-0.3, -0.25) is 0 Å². The monoisotopic (exact) mass is 283 g/mol. The van der Waals surface area contributed by atoms with Gasteiger partial charge < -0.3 is 5.32 Å². The molecular formula is C16H20F3N. The second-order valence-corrected chi connectivity index (χ2v) is 5.30. The molecule has 1 aliphatic carbocycles. The summed E-state index contributed by atoms with van der Waals surface area (Å²) in [6.45, 7) is 2.85. The number of rotatable bonds is 5. The van der Waals surface area contributed by atoms with E-state index in [0.29, 0.717) is 0 Å². The van der Waals surface area contributed by atoms with Crippen LogP contribution in [0, 0.1) is 0 Å². The molecule has 1 nitrogen and oxygen atoms in total. The lowest BCUT2D eigenvalue weighted by Crippen LogP contribution is -2.20. The predicted molar refractivity (Wildman–Crippen MR) is 74.4 cm³/mol. The molecule has 110 valence electrons. The number of alkyl halides is 3. The standard InChI is InChI=1S/C16H20F3N/c1-12(20-11-10-13-4-2-3-5-13)14-6-8-15(9-7-14)16(17,18)19/h4,6-9,12,20H,2-3,5,10-11H2,1H3. The summed E-state index contributed by atoms with van der Waals surface area (Å²) in [5, 5.41) is 3.36. The van der Waals surface area contributed by atoms with Gasteiger partial charge in [0.05, 0.1) is 5.56 Å². The first-order chi connectivity index (χ1) is 9.47. The predicted octanol–water partition coefficient (Wildman–Crippen LogP) is 4.86. The molecule has 0 radical (unpaired) electrons. The van der Waals surface area contributed by atoms with Gasteiger partial charge in [0.1, 0.15) is 0 Å². The number of benzene rings is 1. The molecule has 0 aromatic heterocycles. The molecule has 0 aliphatic heterocycles. The maximum absolute atomic E-state index is 12.5. The first-order valence-electron chi connectivity index (χ1n) is 7.05. The van der Waals surface area contributed by atoms with Gasteiger partial charge in [0, 0.05) is 6.04 Å². The van der Waals surface area contributed by atoms with Gasteiger partial charge in [-0.05, 0) is 56.8 Å².